The quantitative estimate of drug-likeness (QED) is 0.871. The van der Waals surface area contributed by atoms with E-state index in [1.54, 1.807) is 0 Å². The Kier molecular flexibility index (Phi) is 3.62. The SMILES string of the molecule is Cn1nccc1CCC1(N)CCCCc2ccccc21. The first-order valence-electron chi connectivity index (χ1n) is 7.53. The molecule has 0 fully saturated rings. The second kappa shape index (κ2) is 5.41. The molecule has 3 nitrogen and oxygen atoms in total. The van der Waals surface area contributed by atoms with Crippen LogP contribution in [0.1, 0.15) is 42.5 Å². The molecule has 0 bridgehead atoms. The summed E-state index contributed by atoms with van der Waals surface area (Å²) in [6, 6.07) is 10.8. The van der Waals surface area contributed by atoms with Gasteiger partial charge in [0.05, 0.1) is 0 Å². The molecule has 20 heavy (non-hydrogen) atoms. The summed E-state index contributed by atoms with van der Waals surface area (Å²) in [4.78, 5) is 0. The average molecular weight is 269 g/mol. The van der Waals surface area contributed by atoms with Crippen molar-refractivity contribution in [1.82, 2.24) is 9.78 Å². The Morgan fingerprint density at radius 2 is 2.10 bits per heavy atom. The van der Waals surface area contributed by atoms with Crippen molar-refractivity contribution in [3.8, 4) is 0 Å². The summed E-state index contributed by atoms with van der Waals surface area (Å²) >= 11 is 0. The van der Waals surface area contributed by atoms with E-state index >= 15 is 0 Å². The van der Waals surface area contributed by atoms with E-state index in [1.165, 1.54) is 36.1 Å². The van der Waals surface area contributed by atoms with E-state index in [2.05, 4.69) is 35.4 Å². The first-order chi connectivity index (χ1) is 9.69. The molecule has 0 saturated heterocycles. The van der Waals surface area contributed by atoms with Gasteiger partial charge in [0.1, 0.15) is 0 Å². The van der Waals surface area contributed by atoms with Crippen LogP contribution in [0, 0.1) is 0 Å². The first-order valence-corrected chi connectivity index (χ1v) is 7.53. The van der Waals surface area contributed by atoms with Gasteiger partial charge < -0.3 is 5.73 Å². The Balaban J connectivity index is 1.85. The summed E-state index contributed by atoms with van der Waals surface area (Å²) < 4.78 is 1.95. The largest absolute Gasteiger partial charge is 0.321 e. The van der Waals surface area contributed by atoms with E-state index < -0.39 is 0 Å². The summed E-state index contributed by atoms with van der Waals surface area (Å²) in [6.45, 7) is 0. The molecule has 2 N–H and O–H groups in total. The van der Waals surface area contributed by atoms with Gasteiger partial charge in [-0.3, -0.25) is 4.68 Å². The third-order valence-corrected chi connectivity index (χ3v) is 4.62. The van der Waals surface area contributed by atoms with Crippen molar-refractivity contribution < 1.29 is 0 Å². The minimum atomic E-state index is -0.183. The Labute approximate surface area is 120 Å². The van der Waals surface area contributed by atoms with Crippen LogP contribution in [0.2, 0.25) is 0 Å². The summed E-state index contributed by atoms with van der Waals surface area (Å²) in [5.74, 6) is 0. The smallest absolute Gasteiger partial charge is 0.0492 e. The molecule has 1 aromatic heterocycles. The summed E-state index contributed by atoms with van der Waals surface area (Å²) in [7, 11) is 2.00. The molecule has 3 rings (SSSR count). The third kappa shape index (κ3) is 2.50. The lowest BCUT2D eigenvalue weighted by Crippen LogP contribution is -2.37. The summed E-state index contributed by atoms with van der Waals surface area (Å²) in [5.41, 5.74) is 10.7. The van der Waals surface area contributed by atoms with Crippen LogP contribution in [0.3, 0.4) is 0 Å². The zero-order chi connectivity index (χ0) is 14.0. The van der Waals surface area contributed by atoms with Crippen LogP contribution in [-0.4, -0.2) is 9.78 Å². The van der Waals surface area contributed by atoms with E-state index in [4.69, 9.17) is 5.73 Å². The van der Waals surface area contributed by atoms with Gasteiger partial charge in [0.25, 0.3) is 0 Å². The Morgan fingerprint density at radius 3 is 2.90 bits per heavy atom. The highest BCUT2D eigenvalue weighted by molar-refractivity contribution is 5.35. The molecular weight excluding hydrogens is 246 g/mol. The van der Waals surface area contributed by atoms with Crippen LogP contribution in [0.15, 0.2) is 36.5 Å². The molecule has 1 unspecified atom stereocenters. The molecule has 1 heterocycles. The van der Waals surface area contributed by atoms with Crippen molar-refractivity contribution in [2.75, 3.05) is 0 Å². The first kappa shape index (κ1) is 13.4. The van der Waals surface area contributed by atoms with Gasteiger partial charge in [-0.1, -0.05) is 30.7 Å². The number of hydrogen-bond acceptors (Lipinski definition) is 2. The molecule has 1 atom stereocenters. The Morgan fingerprint density at radius 1 is 1.25 bits per heavy atom. The van der Waals surface area contributed by atoms with Crippen LogP contribution < -0.4 is 5.73 Å². The van der Waals surface area contributed by atoms with Crippen LogP contribution in [0.5, 0.6) is 0 Å². The highest BCUT2D eigenvalue weighted by Crippen LogP contribution is 2.35. The Hall–Kier alpha value is -1.61. The van der Waals surface area contributed by atoms with Crippen LogP contribution >= 0.6 is 0 Å². The van der Waals surface area contributed by atoms with Crippen LogP contribution in [0.25, 0.3) is 0 Å². The number of aryl methyl sites for hydroxylation is 3. The second-order valence-electron chi connectivity index (χ2n) is 5.97. The van der Waals surface area contributed by atoms with Gasteiger partial charge in [-0.05, 0) is 49.3 Å². The maximum atomic E-state index is 6.81. The molecule has 1 aliphatic rings. The van der Waals surface area contributed by atoms with E-state index in [9.17, 15) is 0 Å². The van der Waals surface area contributed by atoms with Gasteiger partial charge in [0.15, 0.2) is 0 Å². The number of nitrogens with two attached hydrogens (primary N) is 1. The zero-order valence-corrected chi connectivity index (χ0v) is 12.2. The molecule has 0 aliphatic heterocycles. The standard InChI is InChI=1S/C17H23N3/c1-20-15(10-13-19-20)9-12-17(18)11-5-4-7-14-6-2-3-8-16(14)17/h2-3,6,8,10,13H,4-5,7,9,11-12,18H2,1H3. The van der Waals surface area contributed by atoms with Gasteiger partial charge in [-0.2, -0.15) is 5.10 Å². The maximum Gasteiger partial charge on any atom is 0.0492 e. The van der Waals surface area contributed by atoms with Gasteiger partial charge in [0, 0.05) is 24.5 Å². The monoisotopic (exact) mass is 269 g/mol. The van der Waals surface area contributed by atoms with Crippen molar-refractivity contribution in [3.05, 3.63) is 53.3 Å². The van der Waals surface area contributed by atoms with E-state index in [1.807, 2.05) is 17.9 Å². The highest BCUT2D eigenvalue weighted by atomic mass is 15.2. The van der Waals surface area contributed by atoms with Crippen molar-refractivity contribution in [3.63, 3.8) is 0 Å². The predicted molar refractivity (Wildman–Crippen MR) is 81.4 cm³/mol. The number of benzene rings is 1. The van der Waals surface area contributed by atoms with Gasteiger partial charge in [-0.15, -0.1) is 0 Å². The maximum absolute atomic E-state index is 6.81. The van der Waals surface area contributed by atoms with Crippen molar-refractivity contribution >= 4 is 0 Å². The van der Waals surface area contributed by atoms with E-state index in [0.29, 0.717) is 0 Å². The van der Waals surface area contributed by atoms with Crippen LogP contribution in [0.4, 0.5) is 0 Å². The molecule has 2 aromatic rings. The van der Waals surface area contributed by atoms with Crippen molar-refractivity contribution in [2.24, 2.45) is 12.8 Å². The summed E-state index contributed by atoms with van der Waals surface area (Å²) in [5, 5.41) is 4.24. The molecule has 1 aromatic carbocycles. The molecule has 0 saturated carbocycles. The molecule has 106 valence electrons. The minimum Gasteiger partial charge on any atom is -0.321 e. The Bertz CT molecular complexity index is 587. The fourth-order valence-corrected chi connectivity index (χ4v) is 3.37. The van der Waals surface area contributed by atoms with Crippen LogP contribution in [-0.2, 0) is 25.4 Å². The van der Waals surface area contributed by atoms with E-state index in [0.717, 1.165) is 19.3 Å². The number of aromatic nitrogens is 2. The number of hydrogen-bond donors (Lipinski definition) is 1. The molecule has 1 aliphatic carbocycles. The lowest BCUT2D eigenvalue weighted by molar-refractivity contribution is 0.368. The normalized spacial score (nSPS) is 22.3. The van der Waals surface area contributed by atoms with Crippen molar-refractivity contribution in [1.29, 1.82) is 0 Å². The summed E-state index contributed by atoms with van der Waals surface area (Å²) in [6.07, 6.45) is 8.56. The fraction of sp³-hybridized carbons (Fsp3) is 0.471. The van der Waals surface area contributed by atoms with Gasteiger partial charge >= 0.3 is 0 Å². The lowest BCUT2D eigenvalue weighted by Gasteiger charge is -2.30. The third-order valence-electron chi connectivity index (χ3n) is 4.62. The molecule has 3 heteroatoms. The molecule has 0 spiro atoms. The zero-order valence-electron chi connectivity index (χ0n) is 12.2. The fourth-order valence-electron chi connectivity index (χ4n) is 3.37. The molecule has 0 radical (unpaired) electrons. The topological polar surface area (TPSA) is 43.8 Å². The average Bonchev–Trinajstić information content (AvgIpc) is 2.79. The van der Waals surface area contributed by atoms with Crippen molar-refractivity contribution in [2.45, 2.75) is 44.1 Å². The number of rotatable bonds is 3. The van der Waals surface area contributed by atoms with Gasteiger partial charge in [0.2, 0.25) is 0 Å². The van der Waals surface area contributed by atoms with Gasteiger partial charge in [-0.25, -0.2) is 0 Å². The molecular formula is C17H23N3. The van der Waals surface area contributed by atoms with E-state index in [-0.39, 0.29) is 5.54 Å². The lowest BCUT2D eigenvalue weighted by atomic mass is 9.81. The molecule has 0 amide bonds. The predicted octanol–water partition coefficient (Wildman–Crippen LogP) is 2.93. The second-order valence-corrected chi connectivity index (χ2v) is 5.97. The number of nitrogens with zero attached hydrogens (tertiary/aromatic N) is 2. The minimum absolute atomic E-state index is 0.183. The highest BCUT2D eigenvalue weighted by Gasteiger charge is 2.30. The number of fused-ring (bicyclic) bond motifs is 1.